The maximum Gasteiger partial charge on any atom is 0.261 e. The molecular weight excluding hydrogens is 575 g/mol. The predicted molar refractivity (Wildman–Crippen MR) is 162 cm³/mol. The fourth-order valence-corrected chi connectivity index (χ4v) is 4.21. The van der Waals surface area contributed by atoms with Crippen LogP contribution >= 0.6 is 0 Å². The molecule has 5 rings (SSSR count). The molecule has 1 amide bonds. The highest BCUT2D eigenvalue weighted by molar-refractivity contribution is 7.85. The van der Waals surface area contributed by atoms with Crippen LogP contribution in [-0.2, 0) is 16.7 Å². The van der Waals surface area contributed by atoms with Gasteiger partial charge in [0.05, 0.1) is 35.2 Å². The first-order valence-corrected chi connectivity index (χ1v) is 15.2. The van der Waals surface area contributed by atoms with Gasteiger partial charge in [-0.3, -0.25) is 24.2 Å². The zero-order valence-electron chi connectivity index (χ0n) is 24.0. The van der Waals surface area contributed by atoms with Gasteiger partial charge in [0.1, 0.15) is 5.82 Å². The number of benzene rings is 1. The minimum atomic E-state index is -3.67. The fourth-order valence-electron chi connectivity index (χ4n) is 4.21. The van der Waals surface area contributed by atoms with E-state index in [9.17, 15) is 17.6 Å². The molecule has 4 heterocycles. The number of nitrogens with one attached hydrogen (secondary N) is 2. The highest BCUT2D eigenvalue weighted by Crippen LogP contribution is 2.23. The summed E-state index contributed by atoms with van der Waals surface area (Å²) >= 11 is 0. The summed E-state index contributed by atoms with van der Waals surface area (Å²) in [5.41, 5.74) is 4.24. The van der Waals surface area contributed by atoms with Crippen molar-refractivity contribution in [1.82, 2.24) is 29.7 Å². The van der Waals surface area contributed by atoms with Crippen molar-refractivity contribution < 1.29 is 22.2 Å². The molecule has 0 aliphatic carbocycles. The van der Waals surface area contributed by atoms with Crippen molar-refractivity contribution in [3.05, 3.63) is 89.9 Å². The Bertz CT molecular complexity index is 1660. The van der Waals surface area contributed by atoms with Gasteiger partial charge in [0.15, 0.2) is 0 Å². The molecule has 0 bridgehead atoms. The summed E-state index contributed by atoms with van der Waals surface area (Å²) in [7, 11) is -1.58. The van der Waals surface area contributed by atoms with E-state index in [-0.39, 0.29) is 11.4 Å². The molecule has 4 aromatic rings. The summed E-state index contributed by atoms with van der Waals surface area (Å²) < 4.78 is 40.7. The number of carbonyl (C=O) groups excluding carboxylic acids is 1. The normalized spacial score (nSPS) is 14.0. The van der Waals surface area contributed by atoms with Crippen LogP contribution in [0.1, 0.15) is 21.6 Å². The van der Waals surface area contributed by atoms with Gasteiger partial charge in [0.2, 0.25) is 5.95 Å². The molecule has 1 saturated heterocycles. The average Bonchev–Trinajstić information content (AvgIpc) is 2.97. The molecule has 226 valence electrons. The molecular formula is C29H33FN8O4S. The lowest BCUT2D eigenvalue weighted by molar-refractivity contribution is 0.102. The Labute approximate surface area is 249 Å². The minimum absolute atomic E-state index is 0.243. The van der Waals surface area contributed by atoms with Gasteiger partial charge in [-0.25, -0.2) is 14.4 Å². The standard InChI is InChI=1S/C28H29FN8O.CH4O3S/c1-19-26(35-28-31-9-7-25(34-28)21-4-3-8-30-16-21)15-23(17-32-19)33-27(38)20-5-6-22(24(29)14-20)18-37-12-10-36(2)11-13-37;1-5(2,3)4/h3-9,14-17H,10-13,18H2,1-2H3,(H,33,38)(H,31,34,35);1H3,(H,2,3,4). The summed E-state index contributed by atoms with van der Waals surface area (Å²) in [6, 6.07) is 12.0. The van der Waals surface area contributed by atoms with Crippen LogP contribution in [0.15, 0.2) is 67.3 Å². The molecule has 12 nitrogen and oxygen atoms in total. The molecule has 3 N–H and O–H groups in total. The largest absolute Gasteiger partial charge is 0.322 e. The lowest BCUT2D eigenvalue weighted by atomic mass is 10.1. The third kappa shape index (κ3) is 9.85. The maximum absolute atomic E-state index is 14.8. The van der Waals surface area contributed by atoms with Gasteiger partial charge in [-0.1, -0.05) is 6.07 Å². The third-order valence-electron chi connectivity index (χ3n) is 6.51. The number of aryl methyl sites for hydroxylation is 1. The first kappa shape index (κ1) is 31.6. The Morgan fingerprint density at radius 1 is 1.05 bits per heavy atom. The lowest BCUT2D eigenvalue weighted by Gasteiger charge is -2.32. The number of hydrogen-bond donors (Lipinski definition) is 3. The second-order valence-corrected chi connectivity index (χ2v) is 11.5. The van der Waals surface area contributed by atoms with Crippen molar-refractivity contribution in [3.63, 3.8) is 0 Å². The number of halogens is 1. The molecule has 1 aromatic carbocycles. The van der Waals surface area contributed by atoms with Crippen LogP contribution in [0.3, 0.4) is 0 Å². The lowest BCUT2D eigenvalue weighted by Crippen LogP contribution is -2.44. The molecule has 43 heavy (non-hydrogen) atoms. The van der Waals surface area contributed by atoms with Gasteiger partial charge in [-0.05, 0) is 50.4 Å². The van der Waals surface area contributed by atoms with Crippen LogP contribution in [0.4, 0.5) is 21.7 Å². The van der Waals surface area contributed by atoms with Crippen molar-refractivity contribution in [2.75, 3.05) is 50.1 Å². The second kappa shape index (κ2) is 14.2. The van der Waals surface area contributed by atoms with Crippen molar-refractivity contribution in [2.45, 2.75) is 13.5 Å². The summed E-state index contributed by atoms with van der Waals surface area (Å²) in [5, 5.41) is 5.98. The minimum Gasteiger partial charge on any atom is -0.322 e. The number of piperazine rings is 1. The molecule has 1 aliphatic rings. The van der Waals surface area contributed by atoms with E-state index in [2.05, 4.69) is 47.4 Å². The predicted octanol–water partition coefficient (Wildman–Crippen LogP) is 3.63. The third-order valence-corrected chi connectivity index (χ3v) is 6.51. The number of carbonyl (C=O) groups is 1. The van der Waals surface area contributed by atoms with Crippen LogP contribution in [0.25, 0.3) is 11.3 Å². The van der Waals surface area contributed by atoms with E-state index in [0.717, 1.165) is 37.4 Å². The summed E-state index contributed by atoms with van der Waals surface area (Å²) in [4.78, 5) is 34.7. The van der Waals surface area contributed by atoms with Crippen LogP contribution in [0, 0.1) is 12.7 Å². The van der Waals surface area contributed by atoms with Gasteiger partial charge in [-0.15, -0.1) is 0 Å². The number of nitrogens with zero attached hydrogens (tertiary/aromatic N) is 6. The van der Waals surface area contributed by atoms with E-state index in [1.165, 1.54) is 6.07 Å². The Kier molecular flexibility index (Phi) is 10.4. The molecule has 0 unspecified atom stereocenters. The molecule has 1 aliphatic heterocycles. The number of rotatable bonds is 7. The first-order chi connectivity index (χ1) is 20.4. The smallest absolute Gasteiger partial charge is 0.261 e. The SMILES string of the molecule is CS(=O)(=O)O.Cc1ncc(NC(=O)c2ccc(CN3CCN(C)CC3)c(F)c2)cc1Nc1nccc(-c2cccnc2)n1. The monoisotopic (exact) mass is 608 g/mol. The van der Waals surface area contributed by atoms with Crippen molar-refractivity contribution in [1.29, 1.82) is 0 Å². The average molecular weight is 609 g/mol. The molecule has 1 fully saturated rings. The Morgan fingerprint density at radius 3 is 2.47 bits per heavy atom. The maximum atomic E-state index is 14.8. The van der Waals surface area contributed by atoms with Crippen LogP contribution in [-0.4, -0.2) is 88.1 Å². The van der Waals surface area contributed by atoms with Gasteiger partial charge in [-0.2, -0.15) is 8.42 Å². The van der Waals surface area contributed by atoms with Crippen molar-refractivity contribution in [2.24, 2.45) is 0 Å². The van der Waals surface area contributed by atoms with Gasteiger partial charge in [0.25, 0.3) is 16.0 Å². The van der Waals surface area contributed by atoms with E-state index in [4.69, 9.17) is 4.55 Å². The summed E-state index contributed by atoms with van der Waals surface area (Å²) in [6.45, 7) is 6.09. The molecule has 3 aromatic heterocycles. The summed E-state index contributed by atoms with van der Waals surface area (Å²) in [6.07, 6.45) is 7.37. The van der Waals surface area contributed by atoms with Crippen molar-refractivity contribution >= 4 is 33.3 Å². The zero-order valence-corrected chi connectivity index (χ0v) is 24.8. The summed E-state index contributed by atoms with van der Waals surface area (Å²) in [5.74, 6) is -0.411. The zero-order chi connectivity index (χ0) is 31.0. The highest BCUT2D eigenvalue weighted by Gasteiger charge is 2.17. The number of anilines is 3. The quantitative estimate of drug-likeness (QED) is 0.264. The molecule has 0 radical (unpaired) electrons. The second-order valence-electron chi connectivity index (χ2n) is 10.1. The van der Waals surface area contributed by atoms with Gasteiger partial charge in [0, 0.05) is 68.0 Å². The highest BCUT2D eigenvalue weighted by atomic mass is 32.2. The van der Waals surface area contributed by atoms with Gasteiger partial charge < -0.3 is 15.5 Å². The molecule has 0 saturated carbocycles. The fraction of sp³-hybridized carbons (Fsp3) is 0.276. The van der Waals surface area contributed by atoms with Crippen LogP contribution < -0.4 is 10.6 Å². The first-order valence-electron chi connectivity index (χ1n) is 13.3. The Hall–Kier alpha value is -4.37. The molecule has 0 spiro atoms. The molecule has 0 atom stereocenters. The Balaban J connectivity index is 0.000000782. The number of hydrogen-bond acceptors (Lipinski definition) is 10. The van der Waals surface area contributed by atoms with E-state index in [0.29, 0.717) is 41.4 Å². The van der Waals surface area contributed by atoms with E-state index in [1.54, 1.807) is 49.1 Å². The van der Waals surface area contributed by atoms with E-state index in [1.807, 2.05) is 19.1 Å². The number of likely N-dealkylation sites (N-methyl/N-ethyl adjacent to an activating group) is 1. The number of aromatic nitrogens is 4. The van der Waals surface area contributed by atoms with Crippen LogP contribution in [0.2, 0.25) is 0 Å². The van der Waals surface area contributed by atoms with E-state index < -0.39 is 16.0 Å². The molecule has 14 heteroatoms. The number of pyridine rings is 2. The Morgan fingerprint density at radius 2 is 1.79 bits per heavy atom. The van der Waals surface area contributed by atoms with E-state index >= 15 is 0 Å². The van der Waals surface area contributed by atoms with Crippen LogP contribution in [0.5, 0.6) is 0 Å². The number of amides is 1. The van der Waals surface area contributed by atoms with Gasteiger partial charge >= 0.3 is 0 Å². The van der Waals surface area contributed by atoms with Crippen molar-refractivity contribution in [3.8, 4) is 11.3 Å². The topological polar surface area (TPSA) is 154 Å².